The van der Waals surface area contributed by atoms with Gasteiger partial charge in [-0.3, -0.25) is 0 Å². The number of anilines is 3. The van der Waals surface area contributed by atoms with Crippen molar-refractivity contribution in [2.24, 2.45) is 0 Å². The summed E-state index contributed by atoms with van der Waals surface area (Å²) in [5, 5.41) is 2.45. The first-order chi connectivity index (χ1) is 21.9. The second-order valence-corrected chi connectivity index (χ2v) is 11.0. The molecule has 8 aromatic rings. The molecule has 0 amide bonds. The van der Waals surface area contributed by atoms with Gasteiger partial charge in [-0.2, -0.15) is 0 Å². The summed E-state index contributed by atoms with van der Waals surface area (Å²) >= 11 is 0. The predicted octanol–water partition coefficient (Wildman–Crippen LogP) is 11.6. The molecule has 0 fully saturated rings. The first-order valence-electron chi connectivity index (χ1n) is 15.0. The molecule has 44 heavy (non-hydrogen) atoms. The van der Waals surface area contributed by atoms with E-state index in [0.29, 0.717) is 0 Å². The molecule has 208 valence electrons. The minimum Gasteiger partial charge on any atom is -0.309 e. The second-order valence-electron chi connectivity index (χ2n) is 11.0. The van der Waals surface area contributed by atoms with Gasteiger partial charge in [0.25, 0.3) is 0 Å². The van der Waals surface area contributed by atoms with Crippen LogP contribution >= 0.6 is 0 Å². The largest absolute Gasteiger partial charge is 0.309 e. The van der Waals surface area contributed by atoms with Crippen LogP contribution in [0.2, 0.25) is 0 Å². The van der Waals surface area contributed by atoms with Gasteiger partial charge in [-0.25, -0.2) is 0 Å². The van der Waals surface area contributed by atoms with Gasteiger partial charge in [-0.05, 0) is 59.7 Å². The number of fused-ring (bicyclic) bond motifs is 3. The molecule has 2 nitrogen and oxygen atoms in total. The topological polar surface area (TPSA) is 8.17 Å². The van der Waals surface area contributed by atoms with Crippen molar-refractivity contribution in [2.75, 3.05) is 4.90 Å². The number of rotatable bonds is 6. The van der Waals surface area contributed by atoms with E-state index < -0.39 is 0 Å². The number of benzene rings is 7. The minimum atomic E-state index is 1.11. The Bertz CT molecular complexity index is 2200. The summed E-state index contributed by atoms with van der Waals surface area (Å²) in [5.41, 5.74) is 11.6. The van der Waals surface area contributed by atoms with Gasteiger partial charge < -0.3 is 9.47 Å². The highest BCUT2D eigenvalue weighted by molar-refractivity contribution is 6.13. The van der Waals surface area contributed by atoms with E-state index in [2.05, 4.69) is 191 Å². The van der Waals surface area contributed by atoms with E-state index in [1.54, 1.807) is 0 Å². The number of para-hydroxylation sites is 4. The summed E-state index contributed by atoms with van der Waals surface area (Å²) in [6.07, 6.45) is 0. The van der Waals surface area contributed by atoms with Gasteiger partial charge in [0, 0.05) is 33.3 Å². The van der Waals surface area contributed by atoms with Crippen LogP contribution in [0.4, 0.5) is 17.1 Å². The lowest BCUT2D eigenvalue weighted by molar-refractivity contribution is 1.18. The van der Waals surface area contributed by atoms with Gasteiger partial charge >= 0.3 is 0 Å². The lowest BCUT2D eigenvalue weighted by Crippen LogP contribution is -2.12. The maximum absolute atomic E-state index is 2.43. The summed E-state index contributed by atoms with van der Waals surface area (Å²) in [4.78, 5) is 2.43. The maximum atomic E-state index is 2.43. The average Bonchev–Trinajstić information content (AvgIpc) is 3.43. The first kappa shape index (κ1) is 25.8. The molecule has 0 saturated carbocycles. The molecule has 0 aliphatic rings. The zero-order valence-electron chi connectivity index (χ0n) is 24.2. The molecule has 2 heteroatoms. The third kappa shape index (κ3) is 4.45. The highest BCUT2D eigenvalue weighted by Crippen LogP contribution is 2.47. The van der Waals surface area contributed by atoms with Crippen LogP contribution < -0.4 is 4.90 Å². The van der Waals surface area contributed by atoms with E-state index in [1.807, 2.05) is 0 Å². The molecule has 0 saturated heterocycles. The van der Waals surface area contributed by atoms with Crippen molar-refractivity contribution in [3.63, 3.8) is 0 Å². The Hall–Kier alpha value is -5.86. The van der Waals surface area contributed by atoms with Crippen LogP contribution in [0.1, 0.15) is 0 Å². The Balaban J connectivity index is 1.50. The van der Waals surface area contributed by atoms with Gasteiger partial charge in [0.15, 0.2) is 0 Å². The molecule has 1 aromatic heterocycles. The van der Waals surface area contributed by atoms with Crippen molar-refractivity contribution >= 4 is 38.9 Å². The number of hydrogen-bond donors (Lipinski definition) is 0. The third-order valence-corrected chi connectivity index (χ3v) is 8.37. The Morgan fingerprint density at radius 1 is 0.364 bits per heavy atom. The summed E-state index contributed by atoms with van der Waals surface area (Å²) in [7, 11) is 0. The molecular weight excluding hydrogens is 532 g/mol. The van der Waals surface area contributed by atoms with E-state index in [4.69, 9.17) is 0 Å². The maximum Gasteiger partial charge on any atom is 0.0548 e. The molecule has 0 N–H and O–H groups in total. The number of aromatic nitrogens is 1. The van der Waals surface area contributed by atoms with Crippen LogP contribution in [0.5, 0.6) is 0 Å². The number of hydrogen-bond acceptors (Lipinski definition) is 1. The van der Waals surface area contributed by atoms with E-state index in [-0.39, 0.29) is 0 Å². The van der Waals surface area contributed by atoms with Gasteiger partial charge in [0.2, 0.25) is 0 Å². The normalized spacial score (nSPS) is 11.2. The molecule has 0 radical (unpaired) electrons. The number of nitrogens with zero attached hydrogens (tertiary/aromatic N) is 2. The molecule has 0 spiro atoms. The van der Waals surface area contributed by atoms with Crippen molar-refractivity contribution in [3.8, 4) is 27.9 Å². The lowest BCUT2D eigenvalue weighted by Gasteiger charge is -2.30. The molecule has 0 aliphatic carbocycles. The SMILES string of the molecule is c1ccc(-c2ccccc2N(c2ccccc2)c2cc3c4ccccc4n(-c4ccccc4)c3cc2-c2ccccc2)cc1. The van der Waals surface area contributed by atoms with Crippen LogP contribution in [-0.4, -0.2) is 4.57 Å². The van der Waals surface area contributed by atoms with Crippen molar-refractivity contribution < 1.29 is 0 Å². The third-order valence-electron chi connectivity index (χ3n) is 8.37. The van der Waals surface area contributed by atoms with Gasteiger partial charge in [0.1, 0.15) is 0 Å². The molecule has 7 aromatic carbocycles. The van der Waals surface area contributed by atoms with Gasteiger partial charge in [-0.15, -0.1) is 0 Å². The Labute approximate surface area is 257 Å². The molecule has 0 aliphatic heterocycles. The second kappa shape index (κ2) is 11.1. The highest BCUT2D eigenvalue weighted by atomic mass is 15.1. The van der Waals surface area contributed by atoms with Crippen molar-refractivity contribution in [1.82, 2.24) is 4.57 Å². The van der Waals surface area contributed by atoms with Crippen molar-refractivity contribution in [2.45, 2.75) is 0 Å². The van der Waals surface area contributed by atoms with Crippen LogP contribution in [0.15, 0.2) is 182 Å². The molecule has 8 rings (SSSR count). The van der Waals surface area contributed by atoms with Crippen molar-refractivity contribution in [3.05, 3.63) is 182 Å². The summed E-state index contributed by atoms with van der Waals surface area (Å²) < 4.78 is 2.39. The molecule has 1 heterocycles. The quantitative estimate of drug-likeness (QED) is 0.196. The van der Waals surface area contributed by atoms with Crippen LogP contribution in [0.3, 0.4) is 0 Å². The van der Waals surface area contributed by atoms with E-state index in [1.165, 1.54) is 44.1 Å². The monoisotopic (exact) mass is 562 g/mol. The Kier molecular flexibility index (Phi) is 6.51. The summed E-state index contributed by atoms with van der Waals surface area (Å²) in [6.45, 7) is 0. The fraction of sp³-hybridized carbons (Fsp3) is 0. The highest BCUT2D eigenvalue weighted by Gasteiger charge is 2.23. The molecule has 0 atom stereocenters. The zero-order valence-corrected chi connectivity index (χ0v) is 24.2. The summed E-state index contributed by atoms with van der Waals surface area (Å²) in [6, 6.07) is 65.1. The Morgan fingerprint density at radius 3 is 1.61 bits per heavy atom. The standard InChI is InChI=1S/C42H30N2/c1-5-17-31(18-6-1)35-25-13-15-27-39(35)43(33-21-9-3-10-22-33)41-30-38-36-26-14-16-28-40(36)44(34-23-11-4-12-24-34)42(38)29-37(41)32-19-7-2-8-20-32/h1-30H. The zero-order chi connectivity index (χ0) is 29.3. The first-order valence-corrected chi connectivity index (χ1v) is 15.0. The van der Waals surface area contributed by atoms with Crippen LogP contribution in [0, 0.1) is 0 Å². The lowest BCUT2D eigenvalue weighted by atomic mass is 9.97. The fourth-order valence-corrected chi connectivity index (χ4v) is 6.41. The van der Waals surface area contributed by atoms with Gasteiger partial charge in [0.05, 0.1) is 22.4 Å². The molecular formula is C42H30N2. The molecule has 0 bridgehead atoms. The predicted molar refractivity (Wildman–Crippen MR) is 186 cm³/mol. The van der Waals surface area contributed by atoms with E-state index in [0.717, 1.165) is 22.7 Å². The van der Waals surface area contributed by atoms with E-state index >= 15 is 0 Å². The van der Waals surface area contributed by atoms with Crippen LogP contribution in [-0.2, 0) is 0 Å². The summed E-state index contributed by atoms with van der Waals surface area (Å²) in [5.74, 6) is 0. The average molecular weight is 563 g/mol. The minimum absolute atomic E-state index is 1.11. The smallest absolute Gasteiger partial charge is 0.0548 e. The van der Waals surface area contributed by atoms with Gasteiger partial charge in [-0.1, -0.05) is 133 Å². The van der Waals surface area contributed by atoms with E-state index in [9.17, 15) is 0 Å². The Morgan fingerprint density at radius 2 is 0.909 bits per heavy atom. The fourth-order valence-electron chi connectivity index (χ4n) is 6.41. The van der Waals surface area contributed by atoms with Crippen LogP contribution in [0.25, 0.3) is 49.7 Å². The molecule has 0 unspecified atom stereocenters. The van der Waals surface area contributed by atoms with Crippen molar-refractivity contribution in [1.29, 1.82) is 0 Å².